The van der Waals surface area contributed by atoms with Crippen LogP contribution in [0.15, 0.2) is 4.99 Å². The third kappa shape index (κ3) is 7.04. The van der Waals surface area contributed by atoms with Gasteiger partial charge in [-0.05, 0) is 38.5 Å². The van der Waals surface area contributed by atoms with Gasteiger partial charge in [-0.3, -0.25) is 24.2 Å². The largest absolute Gasteiger partial charge is 0.481 e. The zero-order valence-electron chi connectivity index (χ0n) is 18.9. The Morgan fingerprint density at radius 3 is 2.21 bits per heavy atom. The van der Waals surface area contributed by atoms with Crippen molar-refractivity contribution in [2.75, 3.05) is 19.6 Å². The molecule has 4 unspecified atom stereocenters. The predicted molar refractivity (Wildman–Crippen MR) is 119 cm³/mol. The monoisotopic (exact) mass is 483 g/mol. The van der Waals surface area contributed by atoms with Crippen molar-refractivity contribution in [1.29, 1.82) is 0 Å². The molecule has 2 aliphatic heterocycles. The van der Waals surface area contributed by atoms with Gasteiger partial charge in [0.1, 0.15) is 18.1 Å². The van der Waals surface area contributed by atoms with Gasteiger partial charge in [0.15, 0.2) is 5.96 Å². The smallest absolute Gasteiger partial charge is 0.326 e. The number of aliphatic imine (C=N–C) groups is 1. The van der Waals surface area contributed by atoms with E-state index in [2.05, 4.69) is 10.3 Å². The summed E-state index contributed by atoms with van der Waals surface area (Å²) >= 11 is 0. The SMILES string of the molecule is NC(N)=NCCCC(NC(=O)C1CCCN1C(=O)C1CCCN1C(=O)C(N)CC(=O)O)C(=O)O. The molecular formula is C20H33N7O7. The van der Waals surface area contributed by atoms with Crippen LogP contribution in [0.2, 0.25) is 0 Å². The van der Waals surface area contributed by atoms with Crippen LogP contribution in [0.25, 0.3) is 0 Å². The Balaban J connectivity index is 2.03. The second kappa shape index (κ2) is 12.2. The van der Waals surface area contributed by atoms with Crippen LogP contribution >= 0.6 is 0 Å². The van der Waals surface area contributed by atoms with Crippen molar-refractivity contribution in [1.82, 2.24) is 15.1 Å². The molecule has 2 saturated heterocycles. The number of hydrogen-bond acceptors (Lipinski definition) is 7. The second-order valence-electron chi connectivity index (χ2n) is 8.43. The molecule has 2 rings (SSSR count). The fraction of sp³-hybridized carbons (Fsp3) is 0.700. The molecule has 0 aromatic rings. The van der Waals surface area contributed by atoms with E-state index in [0.29, 0.717) is 38.6 Å². The topological polar surface area (TPSA) is 235 Å². The highest BCUT2D eigenvalue weighted by Gasteiger charge is 2.43. The Morgan fingerprint density at radius 2 is 1.62 bits per heavy atom. The number of amides is 3. The number of nitrogens with zero attached hydrogens (tertiary/aromatic N) is 3. The van der Waals surface area contributed by atoms with Crippen molar-refractivity contribution in [3.8, 4) is 0 Å². The van der Waals surface area contributed by atoms with Gasteiger partial charge in [0, 0.05) is 19.6 Å². The summed E-state index contributed by atoms with van der Waals surface area (Å²) in [5.41, 5.74) is 16.2. The number of carboxylic acids is 2. The Labute approximate surface area is 196 Å². The highest BCUT2D eigenvalue weighted by molar-refractivity contribution is 5.95. The minimum Gasteiger partial charge on any atom is -0.481 e. The molecule has 0 radical (unpaired) electrons. The summed E-state index contributed by atoms with van der Waals surface area (Å²) < 4.78 is 0. The van der Waals surface area contributed by atoms with Crippen LogP contribution in [0.4, 0.5) is 0 Å². The number of aliphatic carboxylic acids is 2. The van der Waals surface area contributed by atoms with Gasteiger partial charge in [0.2, 0.25) is 17.7 Å². The Morgan fingerprint density at radius 1 is 1.00 bits per heavy atom. The molecule has 0 saturated carbocycles. The summed E-state index contributed by atoms with van der Waals surface area (Å²) in [6.45, 7) is 0.772. The molecule has 0 aliphatic carbocycles. The first-order valence-corrected chi connectivity index (χ1v) is 11.2. The molecule has 0 aromatic carbocycles. The van der Waals surface area contributed by atoms with E-state index in [1.54, 1.807) is 0 Å². The van der Waals surface area contributed by atoms with Gasteiger partial charge in [0.25, 0.3) is 0 Å². The molecule has 0 bridgehead atoms. The average Bonchev–Trinajstić information content (AvgIpc) is 3.43. The van der Waals surface area contributed by atoms with Gasteiger partial charge < -0.3 is 42.5 Å². The van der Waals surface area contributed by atoms with Gasteiger partial charge in [-0.15, -0.1) is 0 Å². The average molecular weight is 484 g/mol. The lowest BCUT2D eigenvalue weighted by atomic mass is 10.1. The molecule has 9 N–H and O–H groups in total. The van der Waals surface area contributed by atoms with E-state index in [4.69, 9.17) is 22.3 Å². The maximum atomic E-state index is 13.3. The molecule has 3 amide bonds. The lowest BCUT2D eigenvalue weighted by Crippen LogP contribution is -2.56. The molecule has 4 atom stereocenters. The highest BCUT2D eigenvalue weighted by Crippen LogP contribution is 2.26. The first-order chi connectivity index (χ1) is 16.0. The maximum Gasteiger partial charge on any atom is 0.326 e. The number of hydrogen-bond donors (Lipinski definition) is 6. The van der Waals surface area contributed by atoms with E-state index in [0.717, 1.165) is 0 Å². The van der Waals surface area contributed by atoms with Crippen LogP contribution in [0.3, 0.4) is 0 Å². The summed E-state index contributed by atoms with van der Waals surface area (Å²) in [5.74, 6) is -4.17. The Bertz CT molecular complexity index is 830. The quantitative estimate of drug-likeness (QED) is 0.102. The van der Waals surface area contributed by atoms with E-state index in [1.165, 1.54) is 9.80 Å². The van der Waals surface area contributed by atoms with Crippen LogP contribution in [0.1, 0.15) is 44.9 Å². The van der Waals surface area contributed by atoms with E-state index >= 15 is 0 Å². The van der Waals surface area contributed by atoms with E-state index in [-0.39, 0.29) is 25.5 Å². The van der Waals surface area contributed by atoms with Crippen molar-refractivity contribution >= 4 is 35.6 Å². The minimum atomic E-state index is -1.26. The molecule has 14 heteroatoms. The maximum absolute atomic E-state index is 13.3. The fourth-order valence-corrected chi connectivity index (χ4v) is 4.30. The standard InChI is InChI=1S/C20H33N7O7/c21-11(10-15(28)29)17(31)27-9-3-6-14(27)18(32)26-8-2-5-13(26)16(30)25-12(19(33)34)4-1-7-24-20(22)23/h11-14H,1-10,21H2,(H,25,30)(H,28,29)(H,33,34)(H4,22,23,24). The van der Waals surface area contributed by atoms with Gasteiger partial charge >= 0.3 is 11.9 Å². The summed E-state index contributed by atoms with van der Waals surface area (Å²) in [7, 11) is 0. The number of rotatable bonds is 11. The van der Waals surface area contributed by atoms with Crippen LogP contribution in [0, 0.1) is 0 Å². The highest BCUT2D eigenvalue weighted by atomic mass is 16.4. The van der Waals surface area contributed by atoms with Gasteiger partial charge in [-0.1, -0.05) is 0 Å². The minimum absolute atomic E-state index is 0.102. The molecule has 2 aliphatic rings. The summed E-state index contributed by atoms with van der Waals surface area (Å²) in [4.78, 5) is 67.6. The second-order valence-corrected chi connectivity index (χ2v) is 8.43. The molecular weight excluding hydrogens is 450 g/mol. The molecule has 2 heterocycles. The molecule has 0 aromatic heterocycles. The van der Waals surface area contributed by atoms with E-state index in [9.17, 15) is 29.1 Å². The number of likely N-dealkylation sites (tertiary alicyclic amines) is 2. The number of carboxylic acid groups (broad SMARTS) is 2. The van der Waals surface area contributed by atoms with Gasteiger partial charge in [0.05, 0.1) is 12.5 Å². The fourth-order valence-electron chi connectivity index (χ4n) is 4.30. The Hall–Kier alpha value is -3.42. The van der Waals surface area contributed by atoms with Crippen molar-refractivity contribution in [3.63, 3.8) is 0 Å². The number of nitrogens with two attached hydrogens (primary N) is 3. The van der Waals surface area contributed by atoms with Crippen LogP contribution in [-0.4, -0.2) is 99.4 Å². The summed E-state index contributed by atoms with van der Waals surface area (Å²) in [6, 6.07) is -4.13. The number of guanidine groups is 1. The van der Waals surface area contributed by atoms with Crippen LogP contribution in [0.5, 0.6) is 0 Å². The lowest BCUT2D eigenvalue weighted by molar-refractivity contribution is -0.149. The molecule has 190 valence electrons. The molecule has 34 heavy (non-hydrogen) atoms. The van der Waals surface area contributed by atoms with E-state index < -0.39 is 60.2 Å². The van der Waals surface area contributed by atoms with Crippen LogP contribution < -0.4 is 22.5 Å². The van der Waals surface area contributed by atoms with Gasteiger partial charge in [-0.25, -0.2) is 4.79 Å². The normalized spacial score (nSPS) is 21.6. The number of nitrogens with one attached hydrogen (secondary N) is 1. The predicted octanol–water partition coefficient (Wildman–Crippen LogP) is -2.61. The number of carbonyl (C=O) groups excluding carboxylic acids is 3. The summed E-state index contributed by atoms with van der Waals surface area (Å²) in [5, 5.41) is 20.8. The lowest BCUT2D eigenvalue weighted by Gasteiger charge is -2.32. The molecule has 2 fully saturated rings. The third-order valence-corrected chi connectivity index (χ3v) is 5.93. The zero-order chi connectivity index (χ0) is 25.4. The zero-order valence-corrected chi connectivity index (χ0v) is 18.9. The van der Waals surface area contributed by atoms with Gasteiger partial charge in [-0.2, -0.15) is 0 Å². The summed E-state index contributed by atoms with van der Waals surface area (Å²) in [6.07, 6.45) is 1.71. The van der Waals surface area contributed by atoms with E-state index in [1.807, 2.05) is 0 Å². The van der Waals surface area contributed by atoms with Crippen LogP contribution in [-0.2, 0) is 24.0 Å². The molecule has 14 nitrogen and oxygen atoms in total. The first kappa shape index (κ1) is 26.8. The van der Waals surface area contributed by atoms with Crippen molar-refractivity contribution in [2.24, 2.45) is 22.2 Å². The number of carbonyl (C=O) groups is 5. The molecule has 0 spiro atoms. The van der Waals surface area contributed by atoms with Crippen molar-refractivity contribution < 1.29 is 34.2 Å². The Kier molecular flexibility index (Phi) is 9.59. The first-order valence-electron chi connectivity index (χ1n) is 11.2. The van der Waals surface area contributed by atoms with Crippen molar-refractivity contribution in [3.05, 3.63) is 0 Å². The third-order valence-electron chi connectivity index (χ3n) is 5.93. The van der Waals surface area contributed by atoms with Crippen molar-refractivity contribution in [2.45, 2.75) is 69.1 Å².